The fourth-order valence-corrected chi connectivity index (χ4v) is 3.60. The van der Waals surface area contributed by atoms with E-state index in [0.717, 1.165) is 27.2 Å². The van der Waals surface area contributed by atoms with E-state index < -0.39 is 11.2 Å². The Balaban J connectivity index is 1.77. The molecular weight excluding hydrogens is 380 g/mol. The Morgan fingerprint density at radius 2 is 1.71 bits per heavy atom. The van der Waals surface area contributed by atoms with Gasteiger partial charge in [0.1, 0.15) is 0 Å². The highest BCUT2D eigenvalue weighted by molar-refractivity contribution is 6.29. The minimum absolute atomic E-state index is 0.163. The highest BCUT2D eigenvalue weighted by Gasteiger charge is 2.18. The van der Waals surface area contributed by atoms with E-state index in [9.17, 15) is 9.59 Å². The number of rotatable bonds is 3. The van der Waals surface area contributed by atoms with Crippen LogP contribution in [0.5, 0.6) is 0 Å². The number of benzene rings is 1. The molecule has 0 saturated carbocycles. The van der Waals surface area contributed by atoms with Crippen molar-refractivity contribution in [2.45, 2.75) is 20.4 Å². The number of aromatic nitrogens is 6. The first-order valence-electron chi connectivity index (χ1n) is 8.72. The molecule has 144 valence electrons. The molecule has 0 bridgehead atoms. The predicted molar refractivity (Wildman–Crippen MR) is 107 cm³/mol. The number of hydrogen-bond donors (Lipinski definition) is 0. The molecule has 0 aliphatic rings. The van der Waals surface area contributed by atoms with Gasteiger partial charge in [-0.05, 0) is 49.2 Å². The van der Waals surface area contributed by atoms with Crippen molar-refractivity contribution in [2.24, 2.45) is 14.1 Å². The Bertz CT molecular complexity index is 1320. The summed E-state index contributed by atoms with van der Waals surface area (Å²) >= 11 is 6.29. The SMILES string of the molecule is Cc1cc(C)n(-c2ccc(Cn3c(Cl)nc4c3c(=O)n(C)c(=O)n4C)cc2)n1. The highest BCUT2D eigenvalue weighted by Crippen LogP contribution is 2.19. The van der Waals surface area contributed by atoms with Gasteiger partial charge in [0.25, 0.3) is 5.56 Å². The first kappa shape index (κ1) is 18.2. The molecule has 8 nitrogen and oxygen atoms in total. The van der Waals surface area contributed by atoms with Gasteiger partial charge in [0.2, 0.25) is 5.28 Å². The maximum Gasteiger partial charge on any atom is 0.332 e. The van der Waals surface area contributed by atoms with Crippen LogP contribution in [0.3, 0.4) is 0 Å². The zero-order valence-electron chi connectivity index (χ0n) is 16.0. The van der Waals surface area contributed by atoms with Crippen LogP contribution in [0.4, 0.5) is 0 Å². The molecule has 0 radical (unpaired) electrons. The van der Waals surface area contributed by atoms with Gasteiger partial charge in [-0.3, -0.25) is 13.9 Å². The van der Waals surface area contributed by atoms with Gasteiger partial charge >= 0.3 is 5.69 Å². The quantitative estimate of drug-likeness (QED) is 0.494. The molecule has 28 heavy (non-hydrogen) atoms. The third-order valence-electron chi connectivity index (χ3n) is 4.83. The van der Waals surface area contributed by atoms with Crippen LogP contribution in [0.25, 0.3) is 16.9 Å². The average Bonchev–Trinajstić information content (AvgIpc) is 3.18. The fourth-order valence-electron chi connectivity index (χ4n) is 3.38. The third-order valence-corrected chi connectivity index (χ3v) is 5.12. The van der Waals surface area contributed by atoms with Gasteiger partial charge in [-0.25, -0.2) is 9.48 Å². The summed E-state index contributed by atoms with van der Waals surface area (Å²) in [5.74, 6) is 0. The van der Waals surface area contributed by atoms with E-state index in [1.807, 2.05) is 48.9 Å². The van der Waals surface area contributed by atoms with Gasteiger partial charge in [0, 0.05) is 19.8 Å². The summed E-state index contributed by atoms with van der Waals surface area (Å²) in [4.78, 5) is 28.9. The largest absolute Gasteiger partial charge is 0.332 e. The first-order valence-corrected chi connectivity index (χ1v) is 9.10. The molecule has 4 rings (SSSR count). The second-order valence-electron chi connectivity index (χ2n) is 6.85. The zero-order chi connectivity index (χ0) is 20.2. The summed E-state index contributed by atoms with van der Waals surface area (Å²) in [5, 5.41) is 4.65. The van der Waals surface area contributed by atoms with Crippen molar-refractivity contribution in [3.05, 3.63) is 73.4 Å². The van der Waals surface area contributed by atoms with E-state index in [0.29, 0.717) is 12.1 Å². The summed E-state index contributed by atoms with van der Waals surface area (Å²) < 4.78 is 5.88. The molecule has 0 atom stereocenters. The molecule has 9 heteroatoms. The lowest BCUT2D eigenvalue weighted by Gasteiger charge is -2.09. The second-order valence-corrected chi connectivity index (χ2v) is 7.19. The summed E-state index contributed by atoms with van der Waals surface area (Å²) in [6, 6.07) is 9.87. The molecule has 0 N–H and O–H groups in total. The summed E-state index contributed by atoms with van der Waals surface area (Å²) in [5.41, 5.74) is 3.63. The van der Waals surface area contributed by atoms with Gasteiger partial charge in [-0.15, -0.1) is 0 Å². The minimum Gasteiger partial charge on any atom is -0.304 e. The summed E-state index contributed by atoms with van der Waals surface area (Å²) in [6.45, 7) is 4.32. The van der Waals surface area contributed by atoms with E-state index in [2.05, 4.69) is 10.1 Å². The number of aryl methyl sites for hydroxylation is 3. The minimum atomic E-state index is -0.437. The summed E-state index contributed by atoms with van der Waals surface area (Å²) in [6.07, 6.45) is 0. The molecule has 3 heterocycles. The van der Waals surface area contributed by atoms with Crippen LogP contribution in [-0.2, 0) is 20.6 Å². The monoisotopic (exact) mass is 398 g/mol. The molecule has 1 aromatic carbocycles. The third kappa shape index (κ3) is 2.77. The zero-order valence-corrected chi connectivity index (χ0v) is 16.7. The number of imidazole rings is 1. The van der Waals surface area contributed by atoms with E-state index in [4.69, 9.17) is 11.6 Å². The highest BCUT2D eigenvalue weighted by atomic mass is 35.5. The van der Waals surface area contributed by atoms with Crippen LogP contribution in [0.2, 0.25) is 5.28 Å². The van der Waals surface area contributed by atoms with Crippen molar-refractivity contribution in [3.8, 4) is 5.69 Å². The maximum atomic E-state index is 12.6. The number of hydrogen-bond acceptors (Lipinski definition) is 4. The molecule has 0 aliphatic carbocycles. The Hall–Kier alpha value is -3.13. The van der Waals surface area contributed by atoms with E-state index in [-0.39, 0.29) is 10.9 Å². The van der Waals surface area contributed by atoms with Gasteiger partial charge in [-0.1, -0.05) is 12.1 Å². The molecule has 0 saturated heterocycles. The molecule has 3 aromatic heterocycles. The molecule has 0 aliphatic heterocycles. The smallest absolute Gasteiger partial charge is 0.304 e. The number of fused-ring (bicyclic) bond motifs is 1. The van der Waals surface area contributed by atoms with Crippen molar-refractivity contribution < 1.29 is 0 Å². The van der Waals surface area contributed by atoms with Crippen molar-refractivity contribution in [2.75, 3.05) is 0 Å². The van der Waals surface area contributed by atoms with Crippen LogP contribution in [-0.4, -0.2) is 28.5 Å². The van der Waals surface area contributed by atoms with Crippen LogP contribution >= 0.6 is 11.6 Å². The standard InChI is InChI=1S/C19H19ClN6O2/c1-11-9-12(2)26(22-11)14-7-5-13(6-8-14)10-25-15-16(21-18(25)20)23(3)19(28)24(4)17(15)27/h5-9H,10H2,1-4H3. The van der Waals surface area contributed by atoms with E-state index in [1.165, 1.54) is 11.6 Å². The van der Waals surface area contributed by atoms with Crippen molar-refractivity contribution in [3.63, 3.8) is 0 Å². The second kappa shape index (κ2) is 6.49. The van der Waals surface area contributed by atoms with Crippen LogP contribution in [0.1, 0.15) is 17.0 Å². The Kier molecular flexibility index (Phi) is 4.23. The summed E-state index contributed by atoms with van der Waals surface area (Å²) in [7, 11) is 3.01. The van der Waals surface area contributed by atoms with Gasteiger partial charge in [0.15, 0.2) is 11.2 Å². The number of nitrogens with zero attached hydrogens (tertiary/aromatic N) is 6. The predicted octanol–water partition coefficient (Wildman–Crippen LogP) is 1.94. The lowest BCUT2D eigenvalue weighted by atomic mass is 10.2. The topological polar surface area (TPSA) is 79.6 Å². The van der Waals surface area contributed by atoms with Crippen LogP contribution in [0, 0.1) is 13.8 Å². The molecule has 0 amide bonds. The van der Waals surface area contributed by atoms with Gasteiger partial charge < -0.3 is 4.57 Å². The van der Waals surface area contributed by atoms with Crippen LogP contribution in [0.15, 0.2) is 39.9 Å². The van der Waals surface area contributed by atoms with E-state index in [1.54, 1.807) is 11.6 Å². The maximum absolute atomic E-state index is 12.6. The number of halogens is 1. The van der Waals surface area contributed by atoms with Gasteiger partial charge in [0.05, 0.1) is 17.9 Å². The molecular formula is C19H19ClN6O2. The average molecular weight is 399 g/mol. The molecule has 0 spiro atoms. The Labute approximate surface area is 165 Å². The Morgan fingerprint density at radius 1 is 1.04 bits per heavy atom. The normalized spacial score (nSPS) is 11.5. The van der Waals surface area contributed by atoms with Crippen molar-refractivity contribution in [1.29, 1.82) is 0 Å². The molecule has 4 aromatic rings. The fraction of sp³-hybridized carbons (Fsp3) is 0.263. The Morgan fingerprint density at radius 3 is 2.32 bits per heavy atom. The molecule has 0 unspecified atom stereocenters. The van der Waals surface area contributed by atoms with Crippen LogP contribution < -0.4 is 11.2 Å². The van der Waals surface area contributed by atoms with Crippen molar-refractivity contribution in [1.82, 2.24) is 28.5 Å². The van der Waals surface area contributed by atoms with E-state index >= 15 is 0 Å². The van der Waals surface area contributed by atoms with Gasteiger partial charge in [-0.2, -0.15) is 10.1 Å². The lowest BCUT2D eigenvalue weighted by Crippen LogP contribution is -2.37. The first-order chi connectivity index (χ1) is 13.3. The molecule has 0 fully saturated rings. The lowest BCUT2D eigenvalue weighted by molar-refractivity contribution is 0.702. The van der Waals surface area contributed by atoms with Crippen molar-refractivity contribution >= 4 is 22.8 Å².